The summed E-state index contributed by atoms with van der Waals surface area (Å²) in [5.74, 6) is -2.32. The van der Waals surface area contributed by atoms with Crippen LogP contribution >= 0.6 is 0 Å². The summed E-state index contributed by atoms with van der Waals surface area (Å²) in [6, 6.07) is 7.73. The second kappa shape index (κ2) is 20.5. The fraction of sp³-hybridized carbons (Fsp3) is 0.738. The number of ketones is 1. The first-order chi connectivity index (χ1) is 25.6. The Morgan fingerprint density at radius 1 is 0.963 bits per heavy atom. The first kappa shape index (κ1) is 45.0. The molecule has 2 heterocycles. The number of amides is 3. The van der Waals surface area contributed by atoms with Gasteiger partial charge in [0, 0.05) is 46.6 Å². The second-order valence-electron chi connectivity index (χ2n) is 16.1. The summed E-state index contributed by atoms with van der Waals surface area (Å²) in [6.07, 6.45) is 3.12. The van der Waals surface area contributed by atoms with Crippen LogP contribution in [0, 0.1) is 23.7 Å². The average molecular weight is 757 g/mol. The molecular formula is C42H68N4O8. The third kappa shape index (κ3) is 10.7. The van der Waals surface area contributed by atoms with E-state index < -0.39 is 47.6 Å². The standard InChI is InChI=1S/C42H68N4O8/c1-12-28(4)37(45(8)40(50)31(27(2)3)25-35(47)42(6)21-17-22-44(42)7)34(52-9)26-36(48)46-23-16-20-33(46)38(53-10)29(5)39(49)43-32(41(51)54-11)24-30-18-14-13-15-19-30/h13-15,18-19,27-29,31-34,37-38H,12,16-17,20-26H2,1-11H3,(H,43,49). The average Bonchev–Trinajstić information content (AvgIpc) is 3.79. The fourth-order valence-electron chi connectivity index (χ4n) is 8.53. The van der Waals surface area contributed by atoms with E-state index in [1.54, 1.807) is 30.9 Å². The van der Waals surface area contributed by atoms with E-state index in [-0.39, 0.29) is 60.6 Å². The van der Waals surface area contributed by atoms with Crippen molar-refractivity contribution in [1.29, 1.82) is 0 Å². The van der Waals surface area contributed by atoms with Crippen molar-refractivity contribution in [3.05, 3.63) is 35.9 Å². The quantitative estimate of drug-likeness (QED) is 0.191. The van der Waals surface area contributed by atoms with Gasteiger partial charge in [-0.15, -0.1) is 0 Å². The van der Waals surface area contributed by atoms with Crippen LogP contribution in [0.4, 0.5) is 0 Å². The Hall–Kier alpha value is -3.35. The molecule has 54 heavy (non-hydrogen) atoms. The molecule has 2 aliphatic heterocycles. The minimum atomic E-state index is -0.883. The van der Waals surface area contributed by atoms with E-state index in [9.17, 15) is 24.0 Å². The van der Waals surface area contributed by atoms with Crippen LogP contribution in [0.15, 0.2) is 30.3 Å². The van der Waals surface area contributed by atoms with Gasteiger partial charge in [-0.05, 0) is 63.6 Å². The van der Waals surface area contributed by atoms with Gasteiger partial charge in [-0.1, -0.05) is 71.4 Å². The molecule has 1 aromatic rings. The molecule has 3 rings (SSSR count). The molecule has 304 valence electrons. The van der Waals surface area contributed by atoms with Crippen LogP contribution in [0.1, 0.15) is 92.1 Å². The number of likely N-dealkylation sites (N-methyl/N-ethyl adjacent to an activating group) is 2. The van der Waals surface area contributed by atoms with E-state index in [0.717, 1.165) is 37.8 Å². The predicted molar refractivity (Wildman–Crippen MR) is 208 cm³/mol. The van der Waals surface area contributed by atoms with Gasteiger partial charge in [0.25, 0.3) is 0 Å². The number of carbonyl (C=O) groups excluding carboxylic acids is 5. The molecule has 1 aromatic carbocycles. The van der Waals surface area contributed by atoms with Gasteiger partial charge in [0.2, 0.25) is 17.7 Å². The van der Waals surface area contributed by atoms with E-state index in [4.69, 9.17) is 14.2 Å². The first-order valence-electron chi connectivity index (χ1n) is 19.8. The van der Waals surface area contributed by atoms with E-state index in [1.807, 2.05) is 58.2 Å². The maximum atomic E-state index is 14.3. The Labute approximate surface area is 324 Å². The van der Waals surface area contributed by atoms with Gasteiger partial charge in [-0.3, -0.25) is 24.1 Å². The molecule has 0 radical (unpaired) electrons. The summed E-state index contributed by atoms with van der Waals surface area (Å²) in [5.41, 5.74) is 0.311. The molecule has 0 aliphatic carbocycles. The Bertz CT molecular complexity index is 1410. The van der Waals surface area contributed by atoms with E-state index in [2.05, 4.69) is 24.1 Å². The number of hydrogen-bond donors (Lipinski definition) is 1. The molecule has 12 heteroatoms. The third-order valence-corrected chi connectivity index (χ3v) is 12.5. The molecule has 2 saturated heterocycles. The van der Waals surface area contributed by atoms with E-state index in [1.165, 1.54) is 14.2 Å². The Morgan fingerprint density at radius 3 is 2.17 bits per heavy atom. The van der Waals surface area contributed by atoms with Crippen molar-refractivity contribution in [1.82, 2.24) is 20.0 Å². The SMILES string of the molecule is CCC(C)C(C(CC(=O)N1CCCC1C(OC)C(C)C(=O)NC(Cc1ccccc1)C(=O)OC)OC)N(C)C(=O)C(CC(=O)C1(C)CCCN1C)C(C)C. The Balaban J connectivity index is 1.77. The minimum Gasteiger partial charge on any atom is -0.467 e. The van der Waals surface area contributed by atoms with Crippen molar-refractivity contribution in [3.8, 4) is 0 Å². The number of methoxy groups -OCH3 is 3. The summed E-state index contributed by atoms with van der Waals surface area (Å²) in [6.45, 7) is 13.2. The zero-order valence-corrected chi connectivity index (χ0v) is 34.8. The smallest absolute Gasteiger partial charge is 0.328 e. The number of esters is 1. The first-order valence-corrected chi connectivity index (χ1v) is 19.8. The van der Waals surface area contributed by atoms with E-state index >= 15 is 0 Å². The van der Waals surface area contributed by atoms with Gasteiger partial charge >= 0.3 is 5.97 Å². The highest BCUT2D eigenvalue weighted by Gasteiger charge is 2.45. The van der Waals surface area contributed by atoms with Crippen LogP contribution < -0.4 is 5.32 Å². The number of rotatable bonds is 20. The van der Waals surface area contributed by atoms with Crippen LogP contribution in [0.2, 0.25) is 0 Å². The van der Waals surface area contributed by atoms with Gasteiger partial charge in [0.15, 0.2) is 5.78 Å². The van der Waals surface area contributed by atoms with Gasteiger partial charge in [0.05, 0.1) is 49.3 Å². The van der Waals surface area contributed by atoms with Crippen molar-refractivity contribution >= 4 is 29.5 Å². The molecule has 9 unspecified atom stereocenters. The number of ether oxygens (including phenoxy) is 3. The predicted octanol–water partition coefficient (Wildman–Crippen LogP) is 4.52. The normalized spacial score (nSPS) is 22.9. The molecule has 2 fully saturated rings. The Morgan fingerprint density at radius 2 is 1.63 bits per heavy atom. The lowest BCUT2D eigenvalue weighted by molar-refractivity contribution is -0.150. The lowest BCUT2D eigenvalue weighted by Gasteiger charge is -2.41. The maximum absolute atomic E-state index is 14.3. The molecule has 0 bridgehead atoms. The Kier molecular flexibility index (Phi) is 17.1. The lowest BCUT2D eigenvalue weighted by Crippen LogP contribution is -2.55. The molecular weight excluding hydrogens is 688 g/mol. The number of Topliss-reactive ketones (excluding diaryl/α,β-unsaturated/α-hetero) is 1. The summed E-state index contributed by atoms with van der Waals surface area (Å²) in [4.78, 5) is 74.2. The number of carbonyl (C=O) groups is 5. The summed E-state index contributed by atoms with van der Waals surface area (Å²) in [5, 5.41) is 2.87. The van der Waals surface area contributed by atoms with Crippen molar-refractivity contribution in [2.24, 2.45) is 23.7 Å². The summed E-state index contributed by atoms with van der Waals surface area (Å²) >= 11 is 0. The number of benzene rings is 1. The largest absolute Gasteiger partial charge is 0.467 e. The van der Waals surface area contributed by atoms with Crippen LogP contribution in [-0.2, 0) is 44.6 Å². The van der Waals surface area contributed by atoms with Crippen LogP contribution in [0.5, 0.6) is 0 Å². The maximum Gasteiger partial charge on any atom is 0.328 e. The number of nitrogens with one attached hydrogen (secondary N) is 1. The van der Waals surface area contributed by atoms with Crippen molar-refractivity contribution in [2.75, 3.05) is 48.5 Å². The zero-order valence-electron chi connectivity index (χ0n) is 34.8. The number of likely N-dealkylation sites (tertiary alicyclic amines) is 2. The van der Waals surface area contributed by atoms with Crippen molar-refractivity contribution in [3.63, 3.8) is 0 Å². The molecule has 1 N–H and O–H groups in total. The molecule has 2 aliphatic rings. The summed E-state index contributed by atoms with van der Waals surface area (Å²) in [7, 11) is 8.16. The van der Waals surface area contributed by atoms with Crippen LogP contribution in [0.25, 0.3) is 0 Å². The number of hydrogen-bond acceptors (Lipinski definition) is 9. The summed E-state index contributed by atoms with van der Waals surface area (Å²) < 4.78 is 17.0. The molecule has 12 nitrogen and oxygen atoms in total. The van der Waals surface area contributed by atoms with Crippen molar-refractivity contribution in [2.45, 2.75) is 129 Å². The van der Waals surface area contributed by atoms with Crippen molar-refractivity contribution < 1.29 is 38.2 Å². The molecule has 0 spiro atoms. The van der Waals surface area contributed by atoms with Crippen LogP contribution in [-0.4, -0.2) is 129 Å². The minimum absolute atomic E-state index is 0.00200. The highest BCUT2D eigenvalue weighted by Crippen LogP contribution is 2.34. The van der Waals surface area contributed by atoms with Gasteiger partial charge < -0.3 is 29.3 Å². The third-order valence-electron chi connectivity index (χ3n) is 12.5. The van der Waals surface area contributed by atoms with Gasteiger partial charge in [-0.25, -0.2) is 4.79 Å². The zero-order chi connectivity index (χ0) is 40.3. The second-order valence-corrected chi connectivity index (χ2v) is 16.1. The lowest BCUT2D eigenvalue weighted by atomic mass is 9.81. The van der Waals surface area contributed by atoms with Gasteiger partial charge in [-0.2, -0.15) is 0 Å². The molecule has 0 aromatic heterocycles. The van der Waals surface area contributed by atoms with Crippen LogP contribution in [0.3, 0.4) is 0 Å². The van der Waals surface area contributed by atoms with E-state index in [0.29, 0.717) is 13.0 Å². The van der Waals surface area contributed by atoms with Gasteiger partial charge in [0.1, 0.15) is 6.04 Å². The topological polar surface area (TPSA) is 135 Å². The highest BCUT2D eigenvalue weighted by molar-refractivity contribution is 5.93. The monoisotopic (exact) mass is 757 g/mol. The fourth-order valence-corrected chi connectivity index (χ4v) is 8.53. The molecule has 9 atom stereocenters. The molecule has 0 saturated carbocycles. The number of nitrogens with zero attached hydrogens (tertiary/aromatic N) is 3. The molecule has 3 amide bonds. The highest BCUT2D eigenvalue weighted by atomic mass is 16.5.